The SMILES string of the molecule is Cc1cc(C)cc(N(c2ccccc2)c2ccc3c(c2)oc2c4c5c(c(N(c6ccccc6)c6cc(C)cc(C)c6)ccc5cc23)CCC4(C)C)c1. The quantitative estimate of drug-likeness (QED) is 0.175. The van der Waals surface area contributed by atoms with E-state index in [1.54, 1.807) is 0 Å². The minimum absolute atomic E-state index is 0.0627. The van der Waals surface area contributed by atoms with Crippen LogP contribution in [0.4, 0.5) is 34.1 Å². The molecular weight excluding hydrogens is 633 g/mol. The van der Waals surface area contributed by atoms with Gasteiger partial charge in [0.2, 0.25) is 0 Å². The van der Waals surface area contributed by atoms with Crippen LogP contribution in [0.25, 0.3) is 32.7 Å². The van der Waals surface area contributed by atoms with Gasteiger partial charge in [-0.3, -0.25) is 0 Å². The number of hydrogen-bond donors (Lipinski definition) is 0. The second kappa shape index (κ2) is 12.2. The molecule has 0 saturated heterocycles. The highest BCUT2D eigenvalue weighted by molar-refractivity contribution is 6.15. The van der Waals surface area contributed by atoms with Gasteiger partial charge in [0.1, 0.15) is 11.2 Å². The van der Waals surface area contributed by atoms with Crippen molar-refractivity contribution >= 4 is 66.8 Å². The molecule has 0 N–H and O–H groups in total. The van der Waals surface area contributed by atoms with E-state index in [0.717, 1.165) is 46.5 Å². The fourth-order valence-electron chi connectivity index (χ4n) is 8.77. The van der Waals surface area contributed by atoms with E-state index in [-0.39, 0.29) is 5.41 Å². The molecule has 7 aromatic carbocycles. The molecule has 256 valence electrons. The highest BCUT2D eigenvalue weighted by Gasteiger charge is 2.35. The lowest BCUT2D eigenvalue weighted by molar-refractivity contribution is 0.471. The minimum Gasteiger partial charge on any atom is -0.456 e. The van der Waals surface area contributed by atoms with Crippen LogP contribution in [0.2, 0.25) is 0 Å². The molecule has 1 aliphatic rings. The van der Waals surface area contributed by atoms with Gasteiger partial charge in [0.15, 0.2) is 0 Å². The van der Waals surface area contributed by atoms with Crippen molar-refractivity contribution in [2.24, 2.45) is 0 Å². The monoisotopic (exact) mass is 676 g/mol. The number of aryl methyl sites for hydroxylation is 5. The summed E-state index contributed by atoms with van der Waals surface area (Å²) in [6.45, 7) is 13.5. The Labute approximate surface area is 306 Å². The second-order valence-electron chi connectivity index (χ2n) is 15.5. The van der Waals surface area contributed by atoms with Gasteiger partial charge >= 0.3 is 0 Å². The van der Waals surface area contributed by atoms with Gasteiger partial charge in [-0.15, -0.1) is 0 Å². The molecule has 9 rings (SSSR count). The normalized spacial score (nSPS) is 13.6. The smallest absolute Gasteiger partial charge is 0.139 e. The number of rotatable bonds is 6. The van der Waals surface area contributed by atoms with Crippen LogP contribution in [0.15, 0.2) is 138 Å². The number of para-hydroxylation sites is 2. The number of nitrogens with zero attached hydrogens (tertiary/aromatic N) is 2. The van der Waals surface area contributed by atoms with E-state index in [9.17, 15) is 0 Å². The highest BCUT2D eigenvalue weighted by atomic mass is 16.3. The van der Waals surface area contributed by atoms with Crippen LogP contribution in [0.5, 0.6) is 0 Å². The predicted octanol–water partition coefficient (Wildman–Crippen LogP) is 14.1. The Bertz CT molecular complexity index is 2610. The van der Waals surface area contributed by atoms with Crippen molar-refractivity contribution in [1.29, 1.82) is 0 Å². The molecule has 0 spiro atoms. The molecular formula is C49H44N2O. The predicted molar refractivity (Wildman–Crippen MR) is 221 cm³/mol. The van der Waals surface area contributed by atoms with Crippen LogP contribution in [-0.2, 0) is 11.8 Å². The average Bonchev–Trinajstić information content (AvgIpc) is 3.47. The lowest BCUT2D eigenvalue weighted by Gasteiger charge is -2.36. The molecule has 52 heavy (non-hydrogen) atoms. The van der Waals surface area contributed by atoms with Crippen molar-refractivity contribution in [3.05, 3.63) is 167 Å². The third kappa shape index (κ3) is 5.35. The zero-order chi connectivity index (χ0) is 35.7. The van der Waals surface area contributed by atoms with Crippen LogP contribution >= 0.6 is 0 Å². The molecule has 3 heteroatoms. The standard InChI is InChI=1S/C49H44N2O/c1-31-23-32(2)26-39(25-31)50(36-13-9-7-10-14-36)38-18-19-41-43-29-35-17-20-44(42-21-22-49(5,6)47(46(35)42)48(43)52-45(41)30-38)51(37-15-11-8-12-16-37)40-27-33(3)24-34(4)28-40/h7-20,23-30H,21-22H2,1-6H3. The van der Waals surface area contributed by atoms with Gasteiger partial charge in [-0.05, 0) is 157 Å². The topological polar surface area (TPSA) is 19.6 Å². The molecule has 0 saturated carbocycles. The summed E-state index contributed by atoms with van der Waals surface area (Å²) in [6, 6.07) is 48.9. The molecule has 1 heterocycles. The van der Waals surface area contributed by atoms with Crippen molar-refractivity contribution in [1.82, 2.24) is 0 Å². The van der Waals surface area contributed by atoms with Crippen LogP contribution in [0, 0.1) is 27.7 Å². The number of fused-ring (bicyclic) bond motifs is 4. The van der Waals surface area contributed by atoms with Gasteiger partial charge in [0.25, 0.3) is 0 Å². The van der Waals surface area contributed by atoms with E-state index in [2.05, 4.69) is 185 Å². The van der Waals surface area contributed by atoms with Gasteiger partial charge in [-0.2, -0.15) is 0 Å². The third-order valence-corrected chi connectivity index (χ3v) is 10.9. The van der Waals surface area contributed by atoms with Crippen molar-refractivity contribution in [2.45, 2.75) is 59.8 Å². The molecule has 0 unspecified atom stereocenters. The van der Waals surface area contributed by atoms with Crippen molar-refractivity contribution in [3.63, 3.8) is 0 Å². The van der Waals surface area contributed by atoms with E-state index in [0.29, 0.717) is 0 Å². The van der Waals surface area contributed by atoms with E-state index in [4.69, 9.17) is 4.42 Å². The maximum absolute atomic E-state index is 7.08. The van der Waals surface area contributed by atoms with Crippen LogP contribution in [0.1, 0.15) is 53.6 Å². The lowest BCUT2D eigenvalue weighted by atomic mass is 9.71. The minimum atomic E-state index is -0.0627. The first-order valence-electron chi connectivity index (χ1n) is 18.5. The fourth-order valence-corrected chi connectivity index (χ4v) is 8.77. The Morgan fingerprint density at radius 2 is 1.10 bits per heavy atom. The van der Waals surface area contributed by atoms with Crippen LogP contribution in [0.3, 0.4) is 0 Å². The van der Waals surface area contributed by atoms with Crippen LogP contribution in [-0.4, -0.2) is 0 Å². The summed E-state index contributed by atoms with van der Waals surface area (Å²) in [4.78, 5) is 4.80. The van der Waals surface area contributed by atoms with E-state index < -0.39 is 0 Å². The molecule has 1 aromatic heterocycles. The van der Waals surface area contributed by atoms with Crippen molar-refractivity contribution < 1.29 is 4.42 Å². The Balaban J connectivity index is 1.28. The summed E-state index contributed by atoms with van der Waals surface area (Å²) in [6.07, 6.45) is 2.04. The zero-order valence-corrected chi connectivity index (χ0v) is 30.9. The first-order chi connectivity index (χ1) is 25.1. The number of anilines is 6. The van der Waals surface area contributed by atoms with Gasteiger partial charge in [-0.25, -0.2) is 0 Å². The summed E-state index contributed by atoms with van der Waals surface area (Å²) < 4.78 is 7.08. The number of furan rings is 1. The van der Waals surface area contributed by atoms with Gasteiger partial charge < -0.3 is 14.2 Å². The first-order valence-corrected chi connectivity index (χ1v) is 18.5. The molecule has 0 radical (unpaired) electrons. The van der Waals surface area contributed by atoms with Crippen molar-refractivity contribution in [2.75, 3.05) is 9.80 Å². The number of hydrogen-bond acceptors (Lipinski definition) is 3. The van der Waals surface area contributed by atoms with E-state index in [1.807, 2.05) is 0 Å². The third-order valence-electron chi connectivity index (χ3n) is 10.9. The Morgan fingerprint density at radius 1 is 0.519 bits per heavy atom. The van der Waals surface area contributed by atoms with Gasteiger partial charge in [0.05, 0.1) is 0 Å². The van der Waals surface area contributed by atoms with Gasteiger partial charge in [-0.1, -0.05) is 68.4 Å². The molecule has 0 bridgehead atoms. The summed E-state index contributed by atoms with van der Waals surface area (Å²) in [5, 5.41) is 4.95. The van der Waals surface area contributed by atoms with E-state index >= 15 is 0 Å². The van der Waals surface area contributed by atoms with E-state index in [1.165, 1.54) is 66.6 Å². The molecule has 8 aromatic rings. The molecule has 0 atom stereocenters. The summed E-state index contributed by atoms with van der Waals surface area (Å²) in [7, 11) is 0. The average molecular weight is 677 g/mol. The lowest BCUT2D eigenvalue weighted by Crippen LogP contribution is -2.24. The number of benzene rings is 7. The Morgan fingerprint density at radius 3 is 1.71 bits per heavy atom. The summed E-state index contributed by atoms with van der Waals surface area (Å²) >= 11 is 0. The molecule has 0 aliphatic heterocycles. The van der Waals surface area contributed by atoms with Crippen molar-refractivity contribution in [3.8, 4) is 0 Å². The molecule has 0 amide bonds. The summed E-state index contributed by atoms with van der Waals surface area (Å²) in [5.41, 5.74) is 16.5. The second-order valence-corrected chi connectivity index (χ2v) is 15.5. The molecule has 1 aliphatic carbocycles. The van der Waals surface area contributed by atoms with Crippen LogP contribution < -0.4 is 9.80 Å². The first kappa shape index (κ1) is 32.1. The Kier molecular flexibility index (Phi) is 7.52. The highest BCUT2D eigenvalue weighted by Crippen LogP contribution is 2.51. The summed E-state index contributed by atoms with van der Waals surface area (Å²) in [5.74, 6) is 0. The largest absolute Gasteiger partial charge is 0.456 e. The maximum Gasteiger partial charge on any atom is 0.139 e. The fraction of sp³-hybridized carbons (Fsp3) is 0.184. The van der Waals surface area contributed by atoms with Gasteiger partial charge in [0, 0.05) is 56.5 Å². The zero-order valence-electron chi connectivity index (χ0n) is 30.9. The molecule has 3 nitrogen and oxygen atoms in total. The Hall–Kier alpha value is -5.80. The maximum atomic E-state index is 7.08. The molecule has 0 fully saturated rings.